The van der Waals surface area contributed by atoms with Crippen LogP contribution in [0.3, 0.4) is 0 Å². The van der Waals surface area contributed by atoms with Gasteiger partial charge in [0.1, 0.15) is 19.0 Å². The molecule has 1 aliphatic rings. The fraction of sp³-hybridized carbons (Fsp3) is 0.188. The standard InChI is InChI=1S/C16H14FNO3/c1-10-8-11(9-14-15(10)21-7-6-20-14)18-16(19)12-4-2-3-5-13(12)17/h2-5,8-9H,6-7H2,1H3,(H,18,19). The van der Waals surface area contributed by atoms with Crippen LogP contribution in [0.4, 0.5) is 10.1 Å². The minimum Gasteiger partial charge on any atom is -0.486 e. The van der Waals surface area contributed by atoms with Gasteiger partial charge in [0, 0.05) is 11.8 Å². The molecule has 0 fully saturated rings. The number of nitrogens with one attached hydrogen (secondary N) is 1. The molecule has 0 radical (unpaired) electrons. The largest absolute Gasteiger partial charge is 0.486 e. The van der Waals surface area contributed by atoms with Crippen LogP contribution in [0.2, 0.25) is 0 Å². The third kappa shape index (κ3) is 2.67. The average Bonchev–Trinajstić information content (AvgIpc) is 2.47. The van der Waals surface area contributed by atoms with Crippen molar-refractivity contribution in [3.8, 4) is 11.5 Å². The first kappa shape index (κ1) is 13.4. The zero-order valence-corrected chi connectivity index (χ0v) is 11.5. The highest BCUT2D eigenvalue weighted by atomic mass is 19.1. The minimum atomic E-state index is -0.552. The van der Waals surface area contributed by atoms with Gasteiger partial charge in [-0.1, -0.05) is 12.1 Å². The first-order valence-corrected chi connectivity index (χ1v) is 6.61. The van der Waals surface area contributed by atoms with Gasteiger partial charge in [0.15, 0.2) is 11.5 Å². The van der Waals surface area contributed by atoms with E-state index in [4.69, 9.17) is 9.47 Å². The summed E-state index contributed by atoms with van der Waals surface area (Å²) in [7, 11) is 0. The van der Waals surface area contributed by atoms with Crippen LogP contribution in [0.25, 0.3) is 0 Å². The SMILES string of the molecule is Cc1cc(NC(=O)c2ccccc2F)cc2c1OCCO2. The Kier molecular flexibility index (Phi) is 3.48. The highest BCUT2D eigenvalue weighted by molar-refractivity contribution is 6.04. The van der Waals surface area contributed by atoms with Crippen LogP contribution in [-0.4, -0.2) is 19.1 Å². The van der Waals surface area contributed by atoms with E-state index in [1.165, 1.54) is 12.1 Å². The lowest BCUT2D eigenvalue weighted by atomic mass is 10.1. The second-order valence-electron chi connectivity index (χ2n) is 4.75. The molecule has 1 heterocycles. The van der Waals surface area contributed by atoms with E-state index in [1.54, 1.807) is 24.3 Å². The van der Waals surface area contributed by atoms with Crippen LogP contribution in [0, 0.1) is 12.7 Å². The van der Waals surface area contributed by atoms with E-state index in [9.17, 15) is 9.18 Å². The fourth-order valence-corrected chi connectivity index (χ4v) is 2.25. The molecule has 4 nitrogen and oxygen atoms in total. The summed E-state index contributed by atoms with van der Waals surface area (Å²) in [5.41, 5.74) is 1.41. The number of hydrogen-bond donors (Lipinski definition) is 1. The summed E-state index contributed by atoms with van der Waals surface area (Å²) in [4.78, 5) is 12.1. The third-order valence-corrected chi connectivity index (χ3v) is 3.20. The predicted octanol–water partition coefficient (Wildman–Crippen LogP) is 3.16. The van der Waals surface area contributed by atoms with E-state index in [-0.39, 0.29) is 5.56 Å². The number of amides is 1. The monoisotopic (exact) mass is 287 g/mol. The Labute approximate surface area is 121 Å². The molecule has 3 rings (SSSR count). The summed E-state index contributed by atoms with van der Waals surface area (Å²) < 4.78 is 24.6. The summed E-state index contributed by atoms with van der Waals surface area (Å²) in [6.45, 7) is 2.85. The molecule has 0 aromatic heterocycles. The summed E-state index contributed by atoms with van der Waals surface area (Å²) >= 11 is 0. The van der Waals surface area contributed by atoms with Crippen molar-refractivity contribution >= 4 is 11.6 Å². The second-order valence-corrected chi connectivity index (χ2v) is 4.75. The highest BCUT2D eigenvalue weighted by Gasteiger charge is 2.17. The molecule has 108 valence electrons. The van der Waals surface area contributed by atoms with Crippen molar-refractivity contribution in [2.75, 3.05) is 18.5 Å². The Bertz CT molecular complexity index is 700. The van der Waals surface area contributed by atoms with Gasteiger partial charge in [-0.2, -0.15) is 0 Å². The summed E-state index contributed by atoms with van der Waals surface area (Å²) in [5, 5.41) is 2.68. The molecule has 5 heteroatoms. The molecule has 0 spiro atoms. The molecule has 2 aromatic rings. The number of fused-ring (bicyclic) bond motifs is 1. The van der Waals surface area contributed by atoms with Gasteiger partial charge in [-0.25, -0.2) is 4.39 Å². The van der Waals surface area contributed by atoms with Crippen molar-refractivity contribution in [3.63, 3.8) is 0 Å². The molecule has 0 aliphatic carbocycles. The van der Waals surface area contributed by atoms with Crippen molar-refractivity contribution in [2.45, 2.75) is 6.92 Å². The lowest BCUT2D eigenvalue weighted by molar-refractivity contribution is 0.102. The molecule has 1 aliphatic heterocycles. The lowest BCUT2D eigenvalue weighted by Crippen LogP contribution is -2.18. The number of carbonyl (C=O) groups is 1. The predicted molar refractivity (Wildman–Crippen MR) is 76.5 cm³/mol. The number of halogens is 1. The maximum Gasteiger partial charge on any atom is 0.258 e. The first-order chi connectivity index (χ1) is 10.1. The molecule has 0 unspecified atom stereocenters. The van der Waals surface area contributed by atoms with E-state index in [1.807, 2.05) is 6.92 Å². The Hall–Kier alpha value is -2.56. The van der Waals surface area contributed by atoms with Gasteiger partial charge in [-0.05, 0) is 30.7 Å². The third-order valence-electron chi connectivity index (χ3n) is 3.20. The van der Waals surface area contributed by atoms with Crippen molar-refractivity contribution in [2.24, 2.45) is 0 Å². The Morgan fingerprint density at radius 3 is 2.76 bits per heavy atom. The Morgan fingerprint density at radius 2 is 1.95 bits per heavy atom. The van der Waals surface area contributed by atoms with Crippen LogP contribution in [0.1, 0.15) is 15.9 Å². The number of aryl methyl sites for hydroxylation is 1. The van der Waals surface area contributed by atoms with Gasteiger partial charge in [0.05, 0.1) is 5.56 Å². The number of rotatable bonds is 2. The van der Waals surface area contributed by atoms with E-state index >= 15 is 0 Å². The van der Waals surface area contributed by atoms with E-state index < -0.39 is 11.7 Å². The maximum atomic E-state index is 13.6. The van der Waals surface area contributed by atoms with Crippen molar-refractivity contribution in [1.29, 1.82) is 0 Å². The van der Waals surface area contributed by atoms with Gasteiger partial charge in [0.25, 0.3) is 5.91 Å². The number of ether oxygens (including phenoxy) is 2. The molecule has 2 aromatic carbocycles. The highest BCUT2D eigenvalue weighted by Crippen LogP contribution is 2.36. The van der Waals surface area contributed by atoms with Crippen LogP contribution < -0.4 is 14.8 Å². The molecule has 1 amide bonds. The number of carbonyl (C=O) groups excluding carboxylic acids is 1. The average molecular weight is 287 g/mol. The maximum absolute atomic E-state index is 13.6. The molecule has 0 saturated carbocycles. The van der Waals surface area contributed by atoms with E-state index in [0.29, 0.717) is 30.4 Å². The summed E-state index contributed by atoms with van der Waals surface area (Å²) in [6.07, 6.45) is 0. The van der Waals surface area contributed by atoms with Crippen LogP contribution in [0.5, 0.6) is 11.5 Å². The van der Waals surface area contributed by atoms with Gasteiger partial charge < -0.3 is 14.8 Å². The quantitative estimate of drug-likeness (QED) is 0.923. The number of hydrogen-bond acceptors (Lipinski definition) is 3. The zero-order chi connectivity index (χ0) is 14.8. The zero-order valence-electron chi connectivity index (χ0n) is 11.5. The lowest BCUT2D eigenvalue weighted by Gasteiger charge is -2.21. The van der Waals surface area contributed by atoms with Crippen LogP contribution in [0.15, 0.2) is 36.4 Å². The Morgan fingerprint density at radius 1 is 1.19 bits per heavy atom. The van der Waals surface area contributed by atoms with Gasteiger partial charge in [-0.15, -0.1) is 0 Å². The topological polar surface area (TPSA) is 47.6 Å². The van der Waals surface area contributed by atoms with Crippen LogP contribution >= 0.6 is 0 Å². The van der Waals surface area contributed by atoms with Gasteiger partial charge in [-0.3, -0.25) is 4.79 Å². The van der Waals surface area contributed by atoms with E-state index in [2.05, 4.69) is 5.32 Å². The molecule has 21 heavy (non-hydrogen) atoms. The fourth-order valence-electron chi connectivity index (χ4n) is 2.25. The molecular formula is C16H14FNO3. The molecule has 0 atom stereocenters. The van der Waals surface area contributed by atoms with Gasteiger partial charge >= 0.3 is 0 Å². The van der Waals surface area contributed by atoms with Crippen LogP contribution in [-0.2, 0) is 0 Å². The number of benzene rings is 2. The molecular weight excluding hydrogens is 273 g/mol. The van der Waals surface area contributed by atoms with Crippen molar-refractivity contribution in [3.05, 3.63) is 53.3 Å². The summed E-state index contributed by atoms with van der Waals surface area (Å²) in [5.74, 6) is 0.226. The smallest absolute Gasteiger partial charge is 0.258 e. The molecule has 0 bridgehead atoms. The normalized spacial score (nSPS) is 12.9. The van der Waals surface area contributed by atoms with Crippen molar-refractivity contribution in [1.82, 2.24) is 0 Å². The molecule has 1 N–H and O–H groups in total. The molecule has 0 saturated heterocycles. The van der Waals surface area contributed by atoms with E-state index in [0.717, 1.165) is 5.56 Å². The Balaban J connectivity index is 1.87. The van der Waals surface area contributed by atoms with Crippen molar-refractivity contribution < 1.29 is 18.7 Å². The minimum absolute atomic E-state index is 0.00467. The van der Waals surface area contributed by atoms with Gasteiger partial charge in [0.2, 0.25) is 0 Å². The summed E-state index contributed by atoms with van der Waals surface area (Å²) in [6, 6.07) is 9.30. The second kappa shape index (κ2) is 5.44. The first-order valence-electron chi connectivity index (χ1n) is 6.61. The number of anilines is 1.